The lowest BCUT2D eigenvalue weighted by atomic mass is 10.2. The van der Waals surface area contributed by atoms with E-state index in [1.807, 2.05) is 6.92 Å². The van der Waals surface area contributed by atoms with Gasteiger partial charge < -0.3 is 5.32 Å². The molecule has 0 amide bonds. The van der Waals surface area contributed by atoms with Crippen LogP contribution in [0.3, 0.4) is 0 Å². The van der Waals surface area contributed by atoms with E-state index in [2.05, 4.69) is 10.3 Å². The maximum atomic E-state index is 13.7. The lowest BCUT2D eigenvalue weighted by Crippen LogP contribution is -2.05. The van der Waals surface area contributed by atoms with E-state index < -0.39 is 17.5 Å². The normalized spacial score (nSPS) is 11.0. The second-order valence-corrected chi connectivity index (χ2v) is 5.08. The molecule has 0 spiro atoms. The van der Waals surface area contributed by atoms with Gasteiger partial charge in [0.15, 0.2) is 17.5 Å². The average molecular weight is 286 g/mol. The lowest BCUT2D eigenvalue weighted by molar-refractivity contribution is 0.449. The highest BCUT2D eigenvalue weighted by Crippen LogP contribution is 2.31. The fraction of sp³-hybridized carbons (Fsp3) is 0.308. The third kappa shape index (κ3) is 2.64. The van der Waals surface area contributed by atoms with E-state index in [4.69, 9.17) is 0 Å². The van der Waals surface area contributed by atoms with Gasteiger partial charge in [-0.3, -0.25) is 0 Å². The Morgan fingerprint density at radius 2 is 1.95 bits per heavy atom. The monoisotopic (exact) mass is 286 g/mol. The summed E-state index contributed by atoms with van der Waals surface area (Å²) >= 11 is 1.29. The van der Waals surface area contributed by atoms with Crippen LogP contribution in [0.4, 0.5) is 13.2 Å². The van der Waals surface area contributed by atoms with Crippen LogP contribution in [-0.4, -0.2) is 12.0 Å². The summed E-state index contributed by atoms with van der Waals surface area (Å²) in [5.74, 6) is -3.84. The van der Waals surface area contributed by atoms with Gasteiger partial charge in [-0.2, -0.15) is 0 Å². The Morgan fingerprint density at radius 1 is 1.21 bits per heavy atom. The predicted octanol–water partition coefficient (Wildman–Crippen LogP) is 3.51. The molecule has 19 heavy (non-hydrogen) atoms. The van der Waals surface area contributed by atoms with Crippen molar-refractivity contribution in [2.45, 2.75) is 19.9 Å². The van der Waals surface area contributed by atoms with Crippen LogP contribution in [0, 0.1) is 17.5 Å². The number of benzene rings is 1. The third-order valence-corrected chi connectivity index (χ3v) is 3.85. The van der Waals surface area contributed by atoms with Crippen molar-refractivity contribution >= 4 is 11.3 Å². The molecule has 6 heteroatoms. The highest BCUT2D eigenvalue weighted by atomic mass is 32.1. The number of nitrogens with one attached hydrogen (secondary N) is 1. The number of rotatable bonds is 4. The Kier molecular flexibility index (Phi) is 4.21. The molecule has 0 saturated carbocycles. The zero-order valence-electron chi connectivity index (χ0n) is 10.6. The highest BCUT2D eigenvalue weighted by molar-refractivity contribution is 7.15. The molecule has 0 aliphatic rings. The molecule has 2 nitrogen and oxygen atoms in total. The van der Waals surface area contributed by atoms with Gasteiger partial charge in [-0.15, -0.1) is 11.3 Å². The van der Waals surface area contributed by atoms with Gasteiger partial charge >= 0.3 is 0 Å². The van der Waals surface area contributed by atoms with Crippen LogP contribution < -0.4 is 5.32 Å². The number of halogens is 3. The van der Waals surface area contributed by atoms with Crippen LogP contribution in [0.1, 0.15) is 17.5 Å². The van der Waals surface area contributed by atoms with E-state index in [1.54, 1.807) is 7.05 Å². The van der Waals surface area contributed by atoms with Crippen LogP contribution in [0.15, 0.2) is 12.1 Å². The first-order valence-electron chi connectivity index (χ1n) is 5.85. The molecule has 0 unspecified atom stereocenters. The van der Waals surface area contributed by atoms with Crippen LogP contribution in [0.5, 0.6) is 0 Å². The van der Waals surface area contributed by atoms with Crippen molar-refractivity contribution in [2.75, 3.05) is 7.05 Å². The van der Waals surface area contributed by atoms with Crippen molar-refractivity contribution in [1.82, 2.24) is 10.3 Å². The zero-order valence-corrected chi connectivity index (χ0v) is 11.4. The molecule has 0 aliphatic heterocycles. The predicted molar refractivity (Wildman–Crippen MR) is 69.6 cm³/mol. The Morgan fingerprint density at radius 3 is 2.58 bits per heavy atom. The van der Waals surface area contributed by atoms with Crippen LogP contribution in [0.2, 0.25) is 0 Å². The summed E-state index contributed by atoms with van der Waals surface area (Å²) in [6, 6.07) is 2.13. The number of aromatic nitrogens is 1. The van der Waals surface area contributed by atoms with Crippen molar-refractivity contribution in [3.63, 3.8) is 0 Å². The standard InChI is InChI=1S/C13H13F3N2S/c1-3-9-10(6-17-2)19-13(18-9)7-4-5-8(14)12(16)11(7)15/h4-5,17H,3,6H2,1-2H3. The van der Waals surface area contributed by atoms with E-state index in [9.17, 15) is 13.2 Å². The first-order chi connectivity index (χ1) is 9.08. The van der Waals surface area contributed by atoms with E-state index in [0.717, 1.165) is 16.6 Å². The first kappa shape index (κ1) is 14.0. The molecule has 0 saturated heterocycles. The fourth-order valence-electron chi connectivity index (χ4n) is 1.76. The molecule has 2 aromatic rings. The largest absolute Gasteiger partial charge is 0.315 e. The minimum Gasteiger partial charge on any atom is -0.315 e. The van der Waals surface area contributed by atoms with Crippen molar-refractivity contribution in [2.24, 2.45) is 0 Å². The molecular formula is C13H13F3N2S. The van der Waals surface area contributed by atoms with Gasteiger partial charge in [0, 0.05) is 17.0 Å². The van der Waals surface area contributed by atoms with E-state index >= 15 is 0 Å². The summed E-state index contributed by atoms with van der Waals surface area (Å²) in [6.45, 7) is 2.56. The van der Waals surface area contributed by atoms with Gasteiger partial charge in [0.05, 0.1) is 5.69 Å². The van der Waals surface area contributed by atoms with E-state index in [-0.39, 0.29) is 5.56 Å². The second-order valence-electron chi connectivity index (χ2n) is 4.00. The molecular weight excluding hydrogens is 273 g/mol. The summed E-state index contributed by atoms with van der Waals surface area (Å²) in [5.41, 5.74) is 0.847. The van der Waals surface area contributed by atoms with Gasteiger partial charge in [-0.05, 0) is 25.6 Å². The topological polar surface area (TPSA) is 24.9 Å². The molecule has 0 atom stereocenters. The summed E-state index contributed by atoms with van der Waals surface area (Å²) in [7, 11) is 1.80. The highest BCUT2D eigenvalue weighted by Gasteiger charge is 2.18. The van der Waals surface area contributed by atoms with Gasteiger partial charge in [-0.1, -0.05) is 6.92 Å². The molecule has 0 fully saturated rings. The minimum atomic E-state index is -1.46. The number of hydrogen-bond donors (Lipinski definition) is 1. The lowest BCUT2D eigenvalue weighted by Gasteiger charge is -2.00. The molecule has 0 aliphatic carbocycles. The molecule has 1 heterocycles. The molecule has 102 valence electrons. The van der Waals surface area contributed by atoms with Crippen LogP contribution in [0.25, 0.3) is 10.6 Å². The van der Waals surface area contributed by atoms with Gasteiger partial charge in [-0.25, -0.2) is 18.2 Å². The number of nitrogens with zero attached hydrogens (tertiary/aromatic N) is 1. The van der Waals surface area contributed by atoms with E-state index in [1.165, 1.54) is 17.4 Å². The zero-order chi connectivity index (χ0) is 14.0. The Labute approximate surface area is 113 Å². The third-order valence-electron chi connectivity index (χ3n) is 2.72. The SMILES string of the molecule is CCc1nc(-c2ccc(F)c(F)c2F)sc1CNC. The molecule has 0 bridgehead atoms. The molecule has 0 radical (unpaired) electrons. The summed E-state index contributed by atoms with van der Waals surface area (Å²) in [6.07, 6.45) is 0.707. The van der Waals surface area contributed by atoms with Crippen LogP contribution in [-0.2, 0) is 13.0 Å². The second kappa shape index (κ2) is 5.71. The summed E-state index contributed by atoms with van der Waals surface area (Å²) < 4.78 is 39.8. The van der Waals surface area contributed by atoms with Crippen LogP contribution >= 0.6 is 11.3 Å². The van der Waals surface area contributed by atoms with Crippen molar-refractivity contribution in [1.29, 1.82) is 0 Å². The van der Waals surface area contributed by atoms with Crippen molar-refractivity contribution in [3.05, 3.63) is 40.2 Å². The quantitative estimate of drug-likeness (QED) is 0.870. The fourth-order valence-corrected chi connectivity index (χ4v) is 2.95. The van der Waals surface area contributed by atoms with Crippen molar-refractivity contribution < 1.29 is 13.2 Å². The molecule has 1 N–H and O–H groups in total. The van der Waals surface area contributed by atoms with Gasteiger partial charge in [0.1, 0.15) is 5.01 Å². The number of aryl methyl sites for hydroxylation is 1. The maximum Gasteiger partial charge on any atom is 0.195 e. The van der Waals surface area contributed by atoms with Gasteiger partial charge in [0.25, 0.3) is 0 Å². The minimum absolute atomic E-state index is 0.000882. The van der Waals surface area contributed by atoms with Crippen molar-refractivity contribution in [3.8, 4) is 10.6 Å². The van der Waals surface area contributed by atoms with E-state index in [0.29, 0.717) is 18.0 Å². The number of thiazole rings is 1. The maximum absolute atomic E-state index is 13.7. The van der Waals surface area contributed by atoms with Gasteiger partial charge in [0.2, 0.25) is 0 Å². The smallest absolute Gasteiger partial charge is 0.195 e. The summed E-state index contributed by atoms with van der Waals surface area (Å²) in [4.78, 5) is 5.27. The molecule has 1 aromatic carbocycles. The molecule has 2 rings (SSSR count). The Balaban J connectivity index is 2.50. The number of hydrogen-bond acceptors (Lipinski definition) is 3. The first-order valence-corrected chi connectivity index (χ1v) is 6.67. The Bertz CT molecular complexity index is 596. The molecule has 1 aromatic heterocycles. The Hall–Kier alpha value is -1.40. The average Bonchev–Trinajstić information content (AvgIpc) is 2.79. The summed E-state index contributed by atoms with van der Waals surface area (Å²) in [5, 5.41) is 3.37.